The lowest BCUT2D eigenvalue weighted by atomic mass is 10.1. The first-order valence-corrected chi connectivity index (χ1v) is 8.72. The Kier molecular flexibility index (Phi) is 4.95. The highest BCUT2D eigenvalue weighted by molar-refractivity contribution is 7.88. The molecule has 1 saturated heterocycles. The lowest BCUT2D eigenvalue weighted by Gasteiger charge is -2.21. The van der Waals surface area contributed by atoms with Gasteiger partial charge in [-0.2, -0.15) is 4.31 Å². The van der Waals surface area contributed by atoms with E-state index in [0.29, 0.717) is 32.4 Å². The van der Waals surface area contributed by atoms with Crippen LogP contribution in [0.5, 0.6) is 0 Å². The Labute approximate surface area is 124 Å². The van der Waals surface area contributed by atoms with Crippen LogP contribution in [0, 0.1) is 5.82 Å². The smallest absolute Gasteiger partial charge is 0.238 e. The minimum atomic E-state index is -3.36. The summed E-state index contributed by atoms with van der Waals surface area (Å²) in [6, 6.07) is 5.57. The normalized spacial score (nSPS) is 19.6. The zero-order chi connectivity index (χ0) is 15.5. The fourth-order valence-electron chi connectivity index (χ4n) is 2.54. The van der Waals surface area contributed by atoms with Crippen molar-refractivity contribution in [1.29, 1.82) is 0 Å². The lowest BCUT2D eigenvalue weighted by molar-refractivity contribution is -0.124. The van der Waals surface area contributed by atoms with Gasteiger partial charge in [0.1, 0.15) is 11.9 Å². The highest BCUT2D eigenvalue weighted by Gasteiger charge is 2.36. The Balaban J connectivity index is 1.87. The van der Waals surface area contributed by atoms with Gasteiger partial charge in [-0.15, -0.1) is 0 Å². The summed E-state index contributed by atoms with van der Waals surface area (Å²) in [6.45, 7) is 0.747. The molecule has 0 saturated carbocycles. The third kappa shape index (κ3) is 4.25. The van der Waals surface area contributed by atoms with Gasteiger partial charge in [0.15, 0.2) is 0 Å². The number of halogens is 1. The molecule has 0 radical (unpaired) electrons. The second kappa shape index (κ2) is 6.53. The van der Waals surface area contributed by atoms with Crippen molar-refractivity contribution >= 4 is 15.9 Å². The number of benzene rings is 1. The third-order valence-corrected chi connectivity index (χ3v) is 4.82. The first kappa shape index (κ1) is 15.9. The number of amides is 1. The van der Waals surface area contributed by atoms with Gasteiger partial charge < -0.3 is 5.32 Å². The average molecular weight is 314 g/mol. The van der Waals surface area contributed by atoms with Gasteiger partial charge in [0.05, 0.1) is 6.26 Å². The summed E-state index contributed by atoms with van der Waals surface area (Å²) in [4.78, 5) is 12.1. The van der Waals surface area contributed by atoms with Gasteiger partial charge in [0.2, 0.25) is 15.9 Å². The molecule has 1 heterocycles. The first-order valence-electron chi connectivity index (χ1n) is 6.87. The van der Waals surface area contributed by atoms with Gasteiger partial charge in [-0.25, -0.2) is 12.8 Å². The van der Waals surface area contributed by atoms with Crippen LogP contribution in [0.4, 0.5) is 4.39 Å². The number of carbonyl (C=O) groups is 1. The SMILES string of the molecule is CS(=O)(=O)N1CCC[C@@H]1C(=O)NCCc1cccc(F)c1. The number of rotatable bonds is 5. The maximum atomic E-state index is 13.0. The Bertz CT molecular complexity index is 618. The van der Waals surface area contributed by atoms with Crippen LogP contribution in [0.15, 0.2) is 24.3 Å². The summed E-state index contributed by atoms with van der Waals surface area (Å²) < 4.78 is 37.4. The van der Waals surface area contributed by atoms with Crippen molar-refractivity contribution in [3.05, 3.63) is 35.6 Å². The predicted octanol–water partition coefficient (Wildman–Crippen LogP) is 0.908. The molecule has 0 bridgehead atoms. The Hall–Kier alpha value is -1.47. The van der Waals surface area contributed by atoms with Crippen LogP contribution in [0.25, 0.3) is 0 Å². The molecule has 116 valence electrons. The molecule has 0 spiro atoms. The second-order valence-electron chi connectivity index (χ2n) is 5.20. The van der Waals surface area contributed by atoms with E-state index in [9.17, 15) is 17.6 Å². The van der Waals surface area contributed by atoms with Crippen molar-refractivity contribution in [2.45, 2.75) is 25.3 Å². The lowest BCUT2D eigenvalue weighted by Crippen LogP contribution is -2.45. The molecule has 7 heteroatoms. The number of nitrogens with zero attached hydrogens (tertiary/aromatic N) is 1. The van der Waals surface area contributed by atoms with E-state index in [1.807, 2.05) is 0 Å². The Morgan fingerprint density at radius 1 is 1.48 bits per heavy atom. The highest BCUT2D eigenvalue weighted by Crippen LogP contribution is 2.20. The quantitative estimate of drug-likeness (QED) is 0.878. The minimum absolute atomic E-state index is 0.283. The summed E-state index contributed by atoms with van der Waals surface area (Å²) in [5.74, 6) is -0.591. The van der Waals surface area contributed by atoms with Gasteiger partial charge in [0.25, 0.3) is 0 Å². The van der Waals surface area contributed by atoms with Crippen molar-refractivity contribution < 1.29 is 17.6 Å². The fourth-order valence-corrected chi connectivity index (χ4v) is 3.66. The topological polar surface area (TPSA) is 66.5 Å². The maximum Gasteiger partial charge on any atom is 0.238 e. The molecule has 5 nitrogen and oxygen atoms in total. The van der Waals surface area contributed by atoms with Crippen LogP contribution < -0.4 is 5.32 Å². The monoisotopic (exact) mass is 314 g/mol. The fraction of sp³-hybridized carbons (Fsp3) is 0.500. The molecule has 1 aliphatic rings. The second-order valence-corrected chi connectivity index (χ2v) is 7.14. The molecule has 1 N–H and O–H groups in total. The first-order chi connectivity index (χ1) is 9.88. The standard InChI is InChI=1S/C14H19FN2O3S/c1-21(19,20)17-9-3-6-13(17)14(18)16-8-7-11-4-2-5-12(15)10-11/h2,4-5,10,13H,3,6-9H2,1H3,(H,16,18)/t13-/m1/s1. The predicted molar refractivity (Wildman–Crippen MR) is 77.7 cm³/mol. The van der Waals surface area contributed by atoms with Crippen LogP contribution in [0.1, 0.15) is 18.4 Å². The van der Waals surface area contributed by atoms with E-state index in [-0.39, 0.29) is 11.7 Å². The van der Waals surface area contributed by atoms with Crippen molar-refractivity contribution in [2.24, 2.45) is 0 Å². The van der Waals surface area contributed by atoms with Crippen molar-refractivity contribution in [3.8, 4) is 0 Å². The molecular formula is C14H19FN2O3S. The van der Waals surface area contributed by atoms with E-state index in [2.05, 4.69) is 5.32 Å². The molecular weight excluding hydrogens is 295 g/mol. The summed E-state index contributed by atoms with van der Waals surface area (Å²) in [7, 11) is -3.36. The van der Waals surface area contributed by atoms with E-state index >= 15 is 0 Å². The van der Waals surface area contributed by atoms with Crippen LogP contribution in [-0.4, -0.2) is 44.0 Å². The number of nitrogens with one attached hydrogen (secondary N) is 1. The van der Waals surface area contributed by atoms with Crippen molar-refractivity contribution in [3.63, 3.8) is 0 Å². The molecule has 2 rings (SSSR count). The Morgan fingerprint density at radius 3 is 2.90 bits per heavy atom. The third-order valence-electron chi connectivity index (χ3n) is 3.53. The van der Waals surface area contributed by atoms with Gasteiger partial charge in [-0.05, 0) is 37.0 Å². The van der Waals surface area contributed by atoms with Crippen LogP contribution >= 0.6 is 0 Å². The number of sulfonamides is 1. The molecule has 21 heavy (non-hydrogen) atoms. The summed E-state index contributed by atoms with van der Waals surface area (Å²) in [6.07, 6.45) is 2.86. The summed E-state index contributed by atoms with van der Waals surface area (Å²) in [5, 5.41) is 2.73. The van der Waals surface area contributed by atoms with E-state index in [4.69, 9.17) is 0 Å². The molecule has 1 aromatic carbocycles. The van der Waals surface area contributed by atoms with Gasteiger partial charge in [-0.3, -0.25) is 4.79 Å². The van der Waals surface area contributed by atoms with Crippen LogP contribution in [-0.2, 0) is 21.2 Å². The number of hydrogen-bond acceptors (Lipinski definition) is 3. The van der Waals surface area contributed by atoms with Gasteiger partial charge in [0, 0.05) is 13.1 Å². The molecule has 0 aromatic heterocycles. The largest absolute Gasteiger partial charge is 0.354 e. The highest BCUT2D eigenvalue weighted by atomic mass is 32.2. The average Bonchev–Trinajstić information content (AvgIpc) is 2.88. The van der Waals surface area contributed by atoms with E-state index in [1.54, 1.807) is 12.1 Å². The van der Waals surface area contributed by atoms with Crippen LogP contribution in [0.3, 0.4) is 0 Å². The zero-order valence-electron chi connectivity index (χ0n) is 11.9. The van der Waals surface area contributed by atoms with E-state index in [1.165, 1.54) is 16.4 Å². The van der Waals surface area contributed by atoms with Crippen LogP contribution in [0.2, 0.25) is 0 Å². The minimum Gasteiger partial charge on any atom is -0.354 e. The van der Waals surface area contributed by atoms with Crippen molar-refractivity contribution in [2.75, 3.05) is 19.3 Å². The molecule has 1 aliphatic heterocycles. The number of hydrogen-bond donors (Lipinski definition) is 1. The summed E-state index contributed by atoms with van der Waals surface area (Å²) in [5.41, 5.74) is 0.793. The van der Waals surface area contributed by atoms with E-state index < -0.39 is 16.1 Å². The van der Waals surface area contributed by atoms with E-state index in [0.717, 1.165) is 11.8 Å². The van der Waals surface area contributed by atoms with Gasteiger partial charge >= 0.3 is 0 Å². The molecule has 1 amide bonds. The maximum absolute atomic E-state index is 13.0. The summed E-state index contributed by atoms with van der Waals surface area (Å²) >= 11 is 0. The molecule has 1 aromatic rings. The molecule has 0 aliphatic carbocycles. The molecule has 0 unspecified atom stereocenters. The van der Waals surface area contributed by atoms with Gasteiger partial charge in [-0.1, -0.05) is 12.1 Å². The zero-order valence-corrected chi connectivity index (χ0v) is 12.7. The number of carbonyl (C=O) groups excluding carboxylic acids is 1. The molecule has 1 fully saturated rings. The molecule has 1 atom stereocenters. The van der Waals surface area contributed by atoms with Crippen molar-refractivity contribution in [1.82, 2.24) is 9.62 Å². The Morgan fingerprint density at radius 2 is 2.24 bits per heavy atom.